The molecule has 1 aromatic carbocycles. The maximum absolute atomic E-state index is 13.4. The first-order valence-electron chi connectivity index (χ1n) is 12.8. The number of benzene rings is 1. The van der Waals surface area contributed by atoms with Gasteiger partial charge in [0.2, 0.25) is 11.9 Å². The van der Waals surface area contributed by atoms with Crippen LogP contribution >= 0.6 is 11.6 Å². The Morgan fingerprint density at radius 1 is 1.12 bits per heavy atom. The first kappa shape index (κ1) is 27.1. The van der Waals surface area contributed by atoms with E-state index in [0.29, 0.717) is 34.3 Å². The van der Waals surface area contributed by atoms with Crippen LogP contribution in [-0.4, -0.2) is 61.6 Å². The van der Waals surface area contributed by atoms with Crippen molar-refractivity contribution in [1.82, 2.24) is 34.9 Å². The standard InChI is InChI=1S/C28H30ClN9O2/c1-16(23-7-6-8-24(34-23)36(3)4)32-26(39)17(2)38-14-19-10-9-18(11-21(19)27(38)40)25-22(29)13-30-28(35-25)33-20-12-31-37(5)15-20/h6-13,15-17H,14H2,1-5H3,(H,32,39)(H,30,33,35). The van der Waals surface area contributed by atoms with Crippen molar-refractivity contribution in [3.8, 4) is 11.3 Å². The summed E-state index contributed by atoms with van der Waals surface area (Å²) in [5.41, 5.74) is 3.99. The van der Waals surface area contributed by atoms with E-state index in [9.17, 15) is 9.59 Å². The highest BCUT2D eigenvalue weighted by atomic mass is 35.5. The number of aryl methyl sites for hydroxylation is 1. The van der Waals surface area contributed by atoms with E-state index in [1.165, 1.54) is 6.20 Å². The highest BCUT2D eigenvalue weighted by Gasteiger charge is 2.34. The fourth-order valence-corrected chi connectivity index (χ4v) is 4.71. The van der Waals surface area contributed by atoms with Crippen molar-refractivity contribution >= 4 is 40.9 Å². The van der Waals surface area contributed by atoms with E-state index in [4.69, 9.17) is 11.6 Å². The van der Waals surface area contributed by atoms with E-state index in [1.807, 2.05) is 63.3 Å². The van der Waals surface area contributed by atoms with Gasteiger partial charge in [0.05, 0.1) is 40.5 Å². The second-order valence-electron chi connectivity index (χ2n) is 9.94. The predicted octanol–water partition coefficient (Wildman–Crippen LogP) is 3.96. The Balaban J connectivity index is 1.31. The van der Waals surface area contributed by atoms with Crippen LogP contribution in [0.15, 0.2) is 55.0 Å². The van der Waals surface area contributed by atoms with Crippen LogP contribution in [0.5, 0.6) is 0 Å². The molecule has 206 valence electrons. The maximum atomic E-state index is 13.4. The SMILES string of the molecule is CC(NC(=O)C(C)N1Cc2ccc(-c3nc(Nc4cnn(C)c4)ncc3Cl)cc2C1=O)c1cccc(N(C)C)n1. The largest absolute Gasteiger partial charge is 0.363 e. The van der Waals surface area contributed by atoms with Crippen molar-refractivity contribution in [2.24, 2.45) is 7.05 Å². The Hall–Kier alpha value is -4.51. The molecule has 1 aliphatic heterocycles. The summed E-state index contributed by atoms with van der Waals surface area (Å²) < 4.78 is 1.67. The molecule has 40 heavy (non-hydrogen) atoms. The number of hydrogen-bond acceptors (Lipinski definition) is 8. The van der Waals surface area contributed by atoms with Crippen LogP contribution in [0, 0.1) is 0 Å². The summed E-state index contributed by atoms with van der Waals surface area (Å²) in [6, 6.07) is 10.2. The van der Waals surface area contributed by atoms with Crippen LogP contribution in [0.25, 0.3) is 11.3 Å². The summed E-state index contributed by atoms with van der Waals surface area (Å²) in [6.07, 6.45) is 4.98. The van der Waals surface area contributed by atoms with Gasteiger partial charge in [0, 0.05) is 45.0 Å². The van der Waals surface area contributed by atoms with E-state index < -0.39 is 6.04 Å². The summed E-state index contributed by atoms with van der Waals surface area (Å²) in [4.78, 5) is 43.5. The van der Waals surface area contributed by atoms with Crippen LogP contribution < -0.4 is 15.5 Å². The third-order valence-electron chi connectivity index (χ3n) is 6.78. The Labute approximate surface area is 237 Å². The molecule has 5 rings (SSSR count). The lowest BCUT2D eigenvalue weighted by molar-refractivity contribution is -0.125. The average Bonchev–Trinajstić information content (AvgIpc) is 3.50. The van der Waals surface area contributed by atoms with Gasteiger partial charge in [-0.2, -0.15) is 5.10 Å². The Bertz CT molecular complexity index is 1590. The van der Waals surface area contributed by atoms with Gasteiger partial charge in [-0.05, 0) is 37.6 Å². The number of fused-ring (bicyclic) bond motifs is 1. The van der Waals surface area contributed by atoms with Crippen molar-refractivity contribution < 1.29 is 9.59 Å². The average molecular weight is 560 g/mol. The molecule has 1 aliphatic rings. The van der Waals surface area contributed by atoms with Crippen LogP contribution in [0.2, 0.25) is 5.02 Å². The van der Waals surface area contributed by atoms with Gasteiger partial charge in [0.25, 0.3) is 5.91 Å². The van der Waals surface area contributed by atoms with Gasteiger partial charge in [-0.15, -0.1) is 0 Å². The molecule has 0 radical (unpaired) electrons. The number of rotatable bonds is 8. The number of aromatic nitrogens is 5. The lowest BCUT2D eigenvalue weighted by Gasteiger charge is -2.25. The molecule has 0 aliphatic carbocycles. The minimum atomic E-state index is -0.680. The molecule has 2 N–H and O–H groups in total. The molecule has 2 atom stereocenters. The summed E-state index contributed by atoms with van der Waals surface area (Å²) >= 11 is 6.45. The molecular weight excluding hydrogens is 530 g/mol. The molecule has 0 saturated carbocycles. The fraction of sp³-hybridized carbons (Fsp3) is 0.286. The number of amides is 2. The molecule has 11 nitrogen and oxygen atoms in total. The Kier molecular flexibility index (Phi) is 7.40. The lowest BCUT2D eigenvalue weighted by Crippen LogP contribution is -2.46. The van der Waals surface area contributed by atoms with Crippen molar-refractivity contribution in [3.63, 3.8) is 0 Å². The molecular formula is C28H30ClN9O2. The number of pyridine rings is 1. The minimum absolute atomic E-state index is 0.223. The molecule has 3 aromatic heterocycles. The number of hydrogen-bond donors (Lipinski definition) is 2. The quantitative estimate of drug-likeness (QED) is 0.333. The van der Waals surface area contributed by atoms with Gasteiger partial charge in [-0.1, -0.05) is 29.8 Å². The highest BCUT2D eigenvalue weighted by molar-refractivity contribution is 6.33. The zero-order chi connectivity index (χ0) is 28.6. The van der Waals surface area contributed by atoms with Crippen LogP contribution in [-0.2, 0) is 18.4 Å². The summed E-state index contributed by atoms with van der Waals surface area (Å²) in [5.74, 6) is 0.678. The van der Waals surface area contributed by atoms with Crippen LogP contribution in [0.3, 0.4) is 0 Å². The van der Waals surface area contributed by atoms with E-state index in [1.54, 1.807) is 35.0 Å². The number of carbonyl (C=O) groups is 2. The summed E-state index contributed by atoms with van der Waals surface area (Å²) in [5, 5.41) is 10.6. The molecule has 4 aromatic rings. The molecule has 2 unspecified atom stereocenters. The van der Waals surface area contributed by atoms with E-state index in [0.717, 1.165) is 22.8 Å². The normalized spacial score (nSPS) is 14.1. The highest BCUT2D eigenvalue weighted by Crippen LogP contribution is 2.32. The molecule has 0 saturated heterocycles. The molecule has 2 amide bonds. The predicted molar refractivity (Wildman–Crippen MR) is 153 cm³/mol. The van der Waals surface area contributed by atoms with Gasteiger partial charge < -0.3 is 20.4 Å². The number of nitrogens with zero attached hydrogens (tertiary/aromatic N) is 7. The van der Waals surface area contributed by atoms with E-state index in [2.05, 4.69) is 30.7 Å². The van der Waals surface area contributed by atoms with Crippen molar-refractivity contribution in [1.29, 1.82) is 0 Å². The second kappa shape index (κ2) is 10.9. The topological polar surface area (TPSA) is 121 Å². The van der Waals surface area contributed by atoms with Crippen molar-refractivity contribution in [2.45, 2.75) is 32.5 Å². The van der Waals surface area contributed by atoms with Gasteiger partial charge in [-0.3, -0.25) is 14.3 Å². The van der Waals surface area contributed by atoms with E-state index >= 15 is 0 Å². The Morgan fingerprint density at radius 2 is 1.93 bits per heavy atom. The third-order valence-corrected chi connectivity index (χ3v) is 7.06. The van der Waals surface area contributed by atoms with Gasteiger partial charge in [0.15, 0.2) is 0 Å². The number of nitrogens with one attached hydrogen (secondary N) is 2. The molecule has 0 spiro atoms. The van der Waals surface area contributed by atoms with Gasteiger partial charge >= 0.3 is 0 Å². The molecule has 12 heteroatoms. The van der Waals surface area contributed by atoms with Gasteiger partial charge in [-0.25, -0.2) is 15.0 Å². The first-order chi connectivity index (χ1) is 19.1. The number of carbonyl (C=O) groups excluding carboxylic acids is 2. The van der Waals surface area contributed by atoms with Crippen LogP contribution in [0.1, 0.15) is 41.5 Å². The lowest BCUT2D eigenvalue weighted by atomic mass is 10.0. The number of anilines is 3. The fourth-order valence-electron chi connectivity index (χ4n) is 4.51. The van der Waals surface area contributed by atoms with Crippen molar-refractivity contribution in [3.05, 3.63) is 76.8 Å². The van der Waals surface area contributed by atoms with Gasteiger partial charge in [0.1, 0.15) is 11.9 Å². The Morgan fingerprint density at radius 3 is 2.65 bits per heavy atom. The summed E-state index contributed by atoms with van der Waals surface area (Å²) in [7, 11) is 5.64. The zero-order valence-electron chi connectivity index (χ0n) is 22.9. The van der Waals surface area contributed by atoms with Crippen LogP contribution in [0.4, 0.5) is 17.5 Å². The van der Waals surface area contributed by atoms with E-state index in [-0.39, 0.29) is 17.9 Å². The second-order valence-corrected chi connectivity index (χ2v) is 10.4. The molecule has 0 bridgehead atoms. The monoisotopic (exact) mass is 559 g/mol. The van der Waals surface area contributed by atoms with Crippen molar-refractivity contribution in [2.75, 3.05) is 24.3 Å². The third kappa shape index (κ3) is 5.46. The summed E-state index contributed by atoms with van der Waals surface area (Å²) in [6.45, 7) is 3.94. The maximum Gasteiger partial charge on any atom is 0.255 e. The smallest absolute Gasteiger partial charge is 0.255 e. The number of halogens is 1. The molecule has 4 heterocycles. The molecule has 0 fully saturated rings. The minimum Gasteiger partial charge on any atom is -0.363 e. The zero-order valence-corrected chi connectivity index (χ0v) is 23.6. The first-order valence-corrected chi connectivity index (χ1v) is 13.2.